The molecule has 5 heteroatoms. The van der Waals surface area contributed by atoms with E-state index in [-0.39, 0.29) is 11.8 Å². The standard InChI is InChI=1S/C20H31NO4/c1-12(2)15-8-7-13(3)9-16(15)20(22)21-14-10-17(23-4)19(25-6)18(11-14)24-5/h10-13,15-16H,7-9H2,1-6H3,(H,21,22)/t13-,15+,16-/m1/s1. The summed E-state index contributed by atoms with van der Waals surface area (Å²) in [6.45, 7) is 6.65. The van der Waals surface area contributed by atoms with E-state index in [4.69, 9.17) is 14.2 Å². The lowest BCUT2D eigenvalue weighted by Gasteiger charge is -2.36. The Morgan fingerprint density at radius 1 is 1.08 bits per heavy atom. The maximum atomic E-state index is 13.0. The van der Waals surface area contributed by atoms with Crippen molar-refractivity contribution in [3.05, 3.63) is 12.1 Å². The van der Waals surface area contributed by atoms with Gasteiger partial charge in [0.15, 0.2) is 11.5 Å². The highest BCUT2D eigenvalue weighted by Gasteiger charge is 2.35. The maximum absolute atomic E-state index is 13.0. The third-order valence-corrected chi connectivity index (χ3v) is 5.29. The quantitative estimate of drug-likeness (QED) is 0.829. The number of rotatable bonds is 6. The van der Waals surface area contributed by atoms with Crippen LogP contribution in [0.4, 0.5) is 5.69 Å². The first-order valence-corrected chi connectivity index (χ1v) is 9.02. The molecule has 1 aliphatic carbocycles. The summed E-state index contributed by atoms with van der Waals surface area (Å²) in [7, 11) is 4.70. The number of methoxy groups -OCH3 is 3. The number of anilines is 1. The number of ether oxygens (including phenoxy) is 3. The van der Waals surface area contributed by atoms with Crippen LogP contribution in [0.1, 0.15) is 40.0 Å². The lowest BCUT2D eigenvalue weighted by atomic mass is 9.70. The van der Waals surface area contributed by atoms with Gasteiger partial charge in [0.1, 0.15) is 0 Å². The third kappa shape index (κ3) is 4.39. The molecule has 1 saturated carbocycles. The van der Waals surface area contributed by atoms with Gasteiger partial charge in [-0.15, -0.1) is 0 Å². The van der Waals surface area contributed by atoms with Gasteiger partial charge in [0, 0.05) is 23.7 Å². The number of hydrogen-bond donors (Lipinski definition) is 1. The summed E-state index contributed by atoms with van der Waals surface area (Å²) < 4.78 is 16.1. The summed E-state index contributed by atoms with van der Waals surface area (Å²) >= 11 is 0. The highest BCUT2D eigenvalue weighted by molar-refractivity contribution is 5.93. The number of benzene rings is 1. The van der Waals surface area contributed by atoms with E-state index in [1.807, 2.05) is 0 Å². The molecule has 1 aromatic carbocycles. The molecule has 1 N–H and O–H groups in total. The molecule has 3 atom stereocenters. The highest BCUT2D eigenvalue weighted by Crippen LogP contribution is 2.41. The van der Waals surface area contributed by atoms with Gasteiger partial charge in [0.05, 0.1) is 21.3 Å². The first-order valence-electron chi connectivity index (χ1n) is 9.02. The summed E-state index contributed by atoms with van der Waals surface area (Å²) in [6.07, 6.45) is 3.27. The van der Waals surface area contributed by atoms with Crippen molar-refractivity contribution in [3.8, 4) is 17.2 Å². The molecule has 0 unspecified atom stereocenters. The van der Waals surface area contributed by atoms with Crippen LogP contribution in [0.5, 0.6) is 17.2 Å². The predicted molar refractivity (Wildman–Crippen MR) is 99.6 cm³/mol. The van der Waals surface area contributed by atoms with E-state index in [1.165, 1.54) is 6.42 Å². The number of nitrogens with one attached hydrogen (secondary N) is 1. The molecule has 0 spiro atoms. The number of hydrogen-bond acceptors (Lipinski definition) is 4. The van der Waals surface area contributed by atoms with Crippen molar-refractivity contribution >= 4 is 11.6 Å². The van der Waals surface area contributed by atoms with E-state index in [0.717, 1.165) is 12.8 Å². The van der Waals surface area contributed by atoms with Crippen molar-refractivity contribution in [2.24, 2.45) is 23.7 Å². The molecule has 0 radical (unpaired) electrons. The Balaban J connectivity index is 2.24. The smallest absolute Gasteiger partial charge is 0.227 e. The third-order valence-electron chi connectivity index (χ3n) is 5.29. The van der Waals surface area contributed by atoms with E-state index in [2.05, 4.69) is 26.1 Å². The zero-order valence-corrected chi connectivity index (χ0v) is 16.2. The Labute approximate surface area is 151 Å². The second-order valence-electron chi connectivity index (χ2n) is 7.34. The van der Waals surface area contributed by atoms with Crippen molar-refractivity contribution in [3.63, 3.8) is 0 Å². The fourth-order valence-electron chi connectivity index (χ4n) is 3.89. The minimum absolute atomic E-state index is 0.0443. The van der Waals surface area contributed by atoms with Crippen molar-refractivity contribution in [1.82, 2.24) is 0 Å². The van der Waals surface area contributed by atoms with Gasteiger partial charge in [0.2, 0.25) is 11.7 Å². The van der Waals surface area contributed by atoms with Crippen LogP contribution in [0.2, 0.25) is 0 Å². The summed E-state index contributed by atoms with van der Waals surface area (Å²) in [5.74, 6) is 3.24. The number of carbonyl (C=O) groups excluding carboxylic acids is 1. The first-order chi connectivity index (χ1) is 11.9. The molecular formula is C20H31NO4. The average molecular weight is 349 g/mol. The van der Waals surface area contributed by atoms with E-state index in [9.17, 15) is 4.79 Å². The minimum Gasteiger partial charge on any atom is -0.493 e. The molecule has 5 nitrogen and oxygen atoms in total. The summed E-state index contributed by atoms with van der Waals surface area (Å²) in [4.78, 5) is 13.0. The molecule has 0 heterocycles. The van der Waals surface area contributed by atoms with Gasteiger partial charge in [-0.25, -0.2) is 0 Å². The van der Waals surface area contributed by atoms with Crippen LogP contribution >= 0.6 is 0 Å². The Kier molecular flexibility index (Phi) is 6.57. The second kappa shape index (κ2) is 8.45. The van der Waals surface area contributed by atoms with Gasteiger partial charge in [-0.05, 0) is 30.6 Å². The van der Waals surface area contributed by atoms with Gasteiger partial charge in [-0.1, -0.05) is 27.2 Å². The van der Waals surface area contributed by atoms with E-state index >= 15 is 0 Å². The molecule has 140 valence electrons. The molecule has 0 saturated heterocycles. The molecule has 1 amide bonds. The number of amides is 1. The molecule has 0 aliphatic heterocycles. The predicted octanol–water partition coefficient (Wildman–Crippen LogP) is 4.36. The molecule has 0 bridgehead atoms. The average Bonchev–Trinajstić information content (AvgIpc) is 2.60. The van der Waals surface area contributed by atoms with E-state index < -0.39 is 0 Å². The highest BCUT2D eigenvalue weighted by atomic mass is 16.5. The summed E-state index contributed by atoms with van der Waals surface area (Å²) in [5, 5.41) is 3.06. The molecule has 2 rings (SSSR count). The van der Waals surface area contributed by atoms with Gasteiger partial charge in [-0.3, -0.25) is 4.79 Å². The fourth-order valence-corrected chi connectivity index (χ4v) is 3.89. The van der Waals surface area contributed by atoms with Gasteiger partial charge >= 0.3 is 0 Å². The fraction of sp³-hybridized carbons (Fsp3) is 0.650. The SMILES string of the molecule is COc1cc(NC(=O)[C@@H]2C[C@H](C)CC[C@H]2C(C)C)cc(OC)c1OC. The Hall–Kier alpha value is -1.91. The lowest BCUT2D eigenvalue weighted by molar-refractivity contribution is -0.123. The van der Waals surface area contributed by atoms with Crippen LogP contribution in [0.25, 0.3) is 0 Å². The van der Waals surface area contributed by atoms with Gasteiger partial charge < -0.3 is 19.5 Å². The molecule has 1 aromatic rings. The molecule has 1 aliphatic rings. The van der Waals surface area contributed by atoms with Gasteiger partial charge in [0.25, 0.3) is 0 Å². The first kappa shape index (κ1) is 19.4. The van der Waals surface area contributed by atoms with Gasteiger partial charge in [-0.2, -0.15) is 0 Å². The zero-order valence-electron chi connectivity index (χ0n) is 16.2. The molecule has 1 fully saturated rings. The topological polar surface area (TPSA) is 56.8 Å². The molecular weight excluding hydrogens is 318 g/mol. The number of carbonyl (C=O) groups is 1. The summed E-state index contributed by atoms with van der Waals surface area (Å²) in [5.41, 5.74) is 0.667. The Morgan fingerprint density at radius 3 is 2.16 bits per heavy atom. The summed E-state index contributed by atoms with van der Waals surface area (Å²) in [6, 6.07) is 3.55. The Morgan fingerprint density at radius 2 is 1.68 bits per heavy atom. The van der Waals surface area contributed by atoms with Crippen LogP contribution in [0.3, 0.4) is 0 Å². The van der Waals surface area contributed by atoms with Crippen LogP contribution in [0.15, 0.2) is 12.1 Å². The van der Waals surface area contributed by atoms with E-state index in [0.29, 0.717) is 40.7 Å². The normalized spacial score (nSPS) is 23.2. The zero-order chi connectivity index (χ0) is 18.6. The van der Waals surface area contributed by atoms with Crippen molar-refractivity contribution in [1.29, 1.82) is 0 Å². The van der Waals surface area contributed by atoms with Crippen LogP contribution in [0, 0.1) is 23.7 Å². The largest absolute Gasteiger partial charge is 0.493 e. The molecule has 0 aromatic heterocycles. The Bertz CT molecular complexity index is 574. The van der Waals surface area contributed by atoms with E-state index in [1.54, 1.807) is 33.5 Å². The second-order valence-corrected chi connectivity index (χ2v) is 7.34. The maximum Gasteiger partial charge on any atom is 0.227 e. The monoisotopic (exact) mass is 349 g/mol. The van der Waals surface area contributed by atoms with Crippen molar-refractivity contribution < 1.29 is 19.0 Å². The molecule has 25 heavy (non-hydrogen) atoms. The van der Waals surface area contributed by atoms with Crippen LogP contribution < -0.4 is 19.5 Å². The van der Waals surface area contributed by atoms with Crippen LogP contribution in [-0.2, 0) is 4.79 Å². The van der Waals surface area contributed by atoms with Crippen molar-refractivity contribution in [2.75, 3.05) is 26.6 Å². The van der Waals surface area contributed by atoms with Crippen LogP contribution in [-0.4, -0.2) is 27.2 Å². The minimum atomic E-state index is 0.0443. The van der Waals surface area contributed by atoms with Crippen molar-refractivity contribution in [2.45, 2.75) is 40.0 Å². The lowest BCUT2D eigenvalue weighted by Crippen LogP contribution is -2.36.